The number of carbonyl (C=O) groups is 3. The van der Waals surface area contributed by atoms with Crippen molar-refractivity contribution in [2.24, 2.45) is 11.8 Å². The first-order valence-corrected chi connectivity index (χ1v) is 5.33. The lowest BCUT2D eigenvalue weighted by Gasteiger charge is -2.29. The normalized spacial score (nSPS) is 26.4. The van der Waals surface area contributed by atoms with Gasteiger partial charge in [-0.05, 0) is 6.92 Å². The number of hydrogen-bond donors (Lipinski definition) is 2. The standard InChI is InChI=1S/C12H14O6/c1-6(2)12(17)18-8-5-3-4-7(10(13)14)9(8)11(15)16/h3-4,7-9H,1,5H2,2H3,(H,13,14)(H,15,16). The van der Waals surface area contributed by atoms with E-state index in [1.54, 1.807) is 0 Å². The van der Waals surface area contributed by atoms with E-state index < -0.39 is 35.8 Å². The van der Waals surface area contributed by atoms with Gasteiger partial charge in [0.05, 0.1) is 5.92 Å². The summed E-state index contributed by atoms with van der Waals surface area (Å²) in [5.74, 6) is -5.75. The minimum absolute atomic E-state index is 0.139. The minimum Gasteiger partial charge on any atom is -0.481 e. The Balaban J connectivity index is 2.93. The maximum atomic E-state index is 11.4. The monoisotopic (exact) mass is 254 g/mol. The first-order chi connectivity index (χ1) is 8.34. The lowest BCUT2D eigenvalue weighted by atomic mass is 9.81. The molecule has 0 aromatic heterocycles. The van der Waals surface area contributed by atoms with Crippen molar-refractivity contribution < 1.29 is 29.3 Å². The third-order valence-corrected chi connectivity index (χ3v) is 2.68. The van der Waals surface area contributed by atoms with Crippen LogP contribution in [-0.4, -0.2) is 34.2 Å². The Morgan fingerprint density at radius 3 is 2.33 bits per heavy atom. The van der Waals surface area contributed by atoms with Crippen molar-refractivity contribution in [3.63, 3.8) is 0 Å². The minimum atomic E-state index is -1.30. The molecule has 1 rings (SSSR count). The molecule has 6 heteroatoms. The number of rotatable bonds is 4. The van der Waals surface area contributed by atoms with Gasteiger partial charge in [-0.2, -0.15) is 0 Å². The lowest BCUT2D eigenvalue weighted by molar-refractivity contribution is -0.164. The Morgan fingerprint density at radius 2 is 1.89 bits per heavy atom. The Bertz CT molecular complexity index is 422. The van der Waals surface area contributed by atoms with Crippen molar-refractivity contribution >= 4 is 17.9 Å². The van der Waals surface area contributed by atoms with Crippen LogP contribution in [0.25, 0.3) is 0 Å². The SMILES string of the molecule is C=C(C)C(=O)OC1CC=CC(C(=O)O)C1C(=O)O. The molecular weight excluding hydrogens is 240 g/mol. The van der Waals surface area contributed by atoms with E-state index in [1.807, 2.05) is 0 Å². The van der Waals surface area contributed by atoms with Gasteiger partial charge < -0.3 is 14.9 Å². The van der Waals surface area contributed by atoms with E-state index in [-0.39, 0.29) is 12.0 Å². The van der Waals surface area contributed by atoms with E-state index >= 15 is 0 Å². The molecule has 0 aromatic carbocycles. The predicted molar refractivity (Wildman–Crippen MR) is 60.7 cm³/mol. The molecule has 2 N–H and O–H groups in total. The van der Waals surface area contributed by atoms with Crippen molar-refractivity contribution in [2.45, 2.75) is 19.4 Å². The summed E-state index contributed by atoms with van der Waals surface area (Å²) in [5.41, 5.74) is 0.139. The molecular formula is C12H14O6. The molecule has 0 heterocycles. The molecule has 0 saturated heterocycles. The second-order valence-corrected chi connectivity index (χ2v) is 4.12. The van der Waals surface area contributed by atoms with Crippen LogP contribution >= 0.6 is 0 Å². The van der Waals surface area contributed by atoms with E-state index in [0.29, 0.717) is 0 Å². The van der Waals surface area contributed by atoms with E-state index in [9.17, 15) is 14.4 Å². The molecule has 0 aliphatic heterocycles. The van der Waals surface area contributed by atoms with Crippen LogP contribution in [0.3, 0.4) is 0 Å². The van der Waals surface area contributed by atoms with Gasteiger partial charge >= 0.3 is 17.9 Å². The van der Waals surface area contributed by atoms with Crippen molar-refractivity contribution in [3.8, 4) is 0 Å². The molecule has 1 aliphatic carbocycles. The fourth-order valence-corrected chi connectivity index (χ4v) is 1.76. The summed E-state index contributed by atoms with van der Waals surface area (Å²) in [6.07, 6.45) is 2.01. The highest BCUT2D eigenvalue weighted by Gasteiger charge is 2.42. The van der Waals surface area contributed by atoms with E-state index in [2.05, 4.69) is 6.58 Å². The van der Waals surface area contributed by atoms with Crippen molar-refractivity contribution in [3.05, 3.63) is 24.3 Å². The molecule has 0 spiro atoms. The molecule has 3 unspecified atom stereocenters. The third-order valence-electron chi connectivity index (χ3n) is 2.68. The molecule has 1 aliphatic rings. The third kappa shape index (κ3) is 2.97. The summed E-state index contributed by atoms with van der Waals surface area (Å²) in [5, 5.41) is 18.0. The molecule has 0 bridgehead atoms. The molecule has 18 heavy (non-hydrogen) atoms. The summed E-state index contributed by atoms with van der Waals surface area (Å²) >= 11 is 0. The summed E-state index contributed by atoms with van der Waals surface area (Å²) in [4.78, 5) is 33.5. The fourth-order valence-electron chi connectivity index (χ4n) is 1.76. The Hall–Kier alpha value is -2.11. The average molecular weight is 254 g/mol. The molecule has 0 saturated carbocycles. The zero-order chi connectivity index (χ0) is 13.9. The van der Waals surface area contributed by atoms with Gasteiger partial charge in [-0.15, -0.1) is 0 Å². The molecule has 3 atom stereocenters. The zero-order valence-corrected chi connectivity index (χ0v) is 9.83. The van der Waals surface area contributed by atoms with Crippen molar-refractivity contribution in [1.29, 1.82) is 0 Å². The van der Waals surface area contributed by atoms with E-state index in [1.165, 1.54) is 19.1 Å². The number of aliphatic carboxylic acids is 2. The highest BCUT2D eigenvalue weighted by molar-refractivity contribution is 5.88. The zero-order valence-electron chi connectivity index (χ0n) is 9.83. The number of carboxylic acid groups (broad SMARTS) is 2. The second-order valence-electron chi connectivity index (χ2n) is 4.12. The summed E-state index contributed by atoms with van der Waals surface area (Å²) in [6, 6.07) is 0. The Kier molecular flexibility index (Phi) is 4.25. The average Bonchev–Trinajstić information content (AvgIpc) is 2.27. The van der Waals surface area contributed by atoms with E-state index in [0.717, 1.165) is 0 Å². The number of hydrogen-bond acceptors (Lipinski definition) is 4. The molecule has 0 amide bonds. The quantitative estimate of drug-likeness (QED) is 0.438. The first-order valence-electron chi connectivity index (χ1n) is 5.33. The maximum absolute atomic E-state index is 11.4. The summed E-state index contributed by atoms with van der Waals surface area (Å²) < 4.78 is 4.97. The molecule has 0 aromatic rings. The van der Waals surface area contributed by atoms with Gasteiger partial charge in [-0.25, -0.2) is 4.79 Å². The lowest BCUT2D eigenvalue weighted by Crippen LogP contribution is -2.42. The van der Waals surface area contributed by atoms with Crippen LogP contribution in [0.2, 0.25) is 0 Å². The number of carbonyl (C=O) groups excluding carboxylic acids is 1. The number of esters is 1. The summed E-state index contributed by atoms with van der Waals surface area (Å²) in [7, 11) is 0. The smallest absolute Gasteiger partial charge is 0.333 e. The molecule has 98 valence electrons. The van der Waals surface area contributed by atoms with E-state index in [4.69, 9.17) is 14.9 Å². The number of ether oxygens (including phenoxy) is 1. The van der Waals surface area contributed by atoms with Gasteiger partial charge in [0, 0.05) is 12.0 Å². The second kappa shape index (κ2) is 5.48. The van der Waals surface area contributed by atoms with Gasteiger partial charge in [-0.1, -0.05) is 18.7 Å². The van der Waals surface area contributed by atoms with Gasteiger partial charge in [0.15, 0.2) is 0 Å². The highest BCUT2D eigenvalue weighted by Crippen LogP contribution is 2.28. The molecule has 6 nitrogen and oxygen atoms in total. The van der Waals surface area contributed by atoms with Gasteiger partial charge in [0.2, 0.25) is 0 Å². The number of carboxylic acids is 2. The molecule has 0 fully saturated rings. The van der Waals surface area contributed by atoms with Gasteiger partial charge in [-0.3, -0.25) is 9.59 Å². The van der Waals surface area contributed by atoms with Crippen LogP contribution in [0.15, 0.2) is 24.3 Å². The van der Waals surface area contributed by atoms with Crippen LogP contribution in [0.5, 0.6) is 0 Å². The Labute approximate surface area is 104 Å². The summed E-state index contributed by atoms with van der Waals surface area (Å²) in [6.45, 7) is 4.82. The van der Waals surface area contributed by atoms with Crippen LogP contribution in [-0.2, 0) is 19.1 Å². The van der Waals surface area contributed by atoms with Crippen LogP contribution in [0.4, 0.5) is 0 Å². The van der Waals surface area contributed by atoms with Gasteiger partial charge in [0.25, 0.3) is 0 Å². The predicted octanol–water partition coefficient (Wildman–Crippen LogP) is 0.836. The van der Waals surface area contributed by atoms with Crippen molar-refractivity contribution in [2.75, 3.05) is 0 Å². The van der Waals surface area contributed by atoms with Crippen LogP contribution in [0.1, 0.15) is 13.3 Å². The first kappa shape index (κ1) is 14.0. The Morgan fingerprint density at radius 1 is 1.28 bits per heavy atom. The fraction of sp³-hybridized carbons (Fsp3) is 0.417. The van der Waals surface area contributed by atoms with Crippen molar-refractivity contribution in [1.82, 2.24) is 0 Å². The van der Waals surface area contributed by atoms with Crippen LogP contribution < -0.4 is 0 Å². The highest BCUT2D eigenvalue weighted by atomic mass is 16.5. The van der Waals surface area contributed by atoms with Crippen LogP contribution in [0, 0.1) is 11.8 Å². The molecule has 0 radical (unpaired) electrons. The maximum Gasteiger partial charge on any atom is 0.333 e. The van der Waals surface area contributed by atoms with Gasteiger partial charge in [0.1, 0.15) is 12.0 Å². The topological polar surface area (TPSA) is 101 Å². The largest absolute Gasteiger partial charge is 0.481 e.